The van der Waals surface area contributed by atoms with Crippen molar-refractivity contribution in [1.29, 1.82) is 0 Å². The molecule has 6 aromatic rings. The molecule has 2 aliphatic heterocycles. The number of carbonyl (C=O) groups is 4. The molecule has 25 heteroatoms. The van der Waals surface area contributed by atoms with Crippen molar-refractivity contribution in [3.05, 3.63) is 77.7 Å². The van der Waals surface area contributed by atoms with Crippen molar-refractivity contribution >= 4 is 64.0 Å². The van der Waals surface area contributed by atoms with E-state index in [0.29, 0.717) is 58.7 Å². The molecule has 6 amide bonds. The minimum Gasteiger partial charge on any atom is -0.494 e. The third-order valence-corrected chi connectivity index (χ3v) is 9.61. The number of amides is 6. The van der Waals surface area contributed by atoms with Crippen molar-refractivity contribution in [2.24, 2.45) is 14.1 Å². The summed E-state index contributed by atoms with van der Waals surface area (Å²) in [6.07, 6.45) is 3.11. The van der Waals surface area contributed by atoms with Crippen LogP contribution < -0.4 is 41.0 Å². The molecule has 6 heterocycles. The third kappa shape index (κ3) is 10.7. The summed E-state index contributed by atoms with van der Waals surface area (Å²) in [5, 5.41) is 36.4. The molecule has 65 heavy (non-hydrogen) atoms. The average molecular weight is 917 g/mol. The van der Waals surface area contributed by atoms with E-state index < -0.39 is 25.8 Å². The number of nitrogens with one attached hydrogen (secondary N) is 5. The first-order valence-electron chi connectivity index (χ1n) is 22.2. The topological polar surface area (TPSA) is 270 Å². The molecule has 0 spiro atoms. The number of nitrogens with zero attached hydrogens (tertiary/aromatic N) is 13. The number of ether oxygens (including phenoxy) is 2. The number of urea groups is 2. The van der Waals surface area contributed by atoms with E-state index in [9.17, 15) is 19.2 Å². The molecule has 2 saturated heterocycles. The van der Waals surface area contributed by atoms with E-state index in [0.717, 1.165) is 13.1 Å². The van der Waals surface area contributed by atoms with E-state index in [1.54, 1.807) is 91.5 Å². The number of para-hydroxylation sites is 2. The molecule has 0 unspecified atom stereocenters. The Morgan fingerprint density at radius 2 is 1.25 bits per heavy atom. The number of benzene rings is 2. The first-order chi connectivity index (χ1) is 33.5. The van der Waals surface area contributed by atoms with E-state index in [2.05, 4.69) is 56.5 Å². The van der Waals surface area contributed by atoms with Crippen LogP contribution in [0, 0.1) is 0 Å². The van der Waals surface area contributed by atoms with Crippen LogP contribution in [0.25, 0.3) is 22.8 Å². The molecule has 0 bridgehead atoms. The van der Waals surface area contributed by atoms with Crippen molar-refractivity contribution in [3.63, 3.8) is 0 Å². The zero-order chi connectivity index (χ0) is 51.8. The van der Waals surface area contributed by atoms with Gasteiger partial charge in [0.25, 0.3) is 11.8 Å². The lowest BCUT2D eigenvalue weighted by Crippen LogP contribution is -2.30. The number of carbonyl (C=O) groups excluding carboxylic acids is 4. The smallest absolute Gasteiger partial charge is 0.325 e. The van der Waals surface area contributed by atoms with Gasteiger partial charge in [0, 0.05) is 88.7 Å². The van der Waals surface area contributed by atoms with Gasteiger partial charge in [0.15, 0.2) is 45.5 Å². The standard InChI is InChI=1S/C20H23N9O3.C16H16ClN7O2.C4H8N2O/c1-21-19(30)16-14(10-15(24-25-16)29-9-8-27(2)20(29)31)23-13-7-5-6-12(17(13)32-4)18-22-11-28(3)26-18;1-18-16(25)13-11(7-12(17)21-22-13)20-10-6-4-5-9(14(10)26-3)15-19-8-24(2)23-15;1-6-3-2-5-4(6)7/h5-7,10-11H,8-9H2,1-4H3,(H,21,30)(H,23,24);4-8H,1-3H3,(H,18,25)(H,20,21);2-3H2,1H3,(H,5,7)/i2*1D3;. The highest BCUT2D eigenvalue weighted by Crippen LogP contribution is 2.38. The van der Waals surface area contributed by atoms with Gasteiger partial charge in [-0.05, 0) is 24.3 Å². The van der Waals surface area contributed by atoms with Gasteiger partial charge in [0.05, 0.1) is 48.1 Å². The summed E-state index contributed by atoms with van der Waals surface area (Å²) in [4.78, 5) is 60.9. The predicted octanol–water partition coefficient (Wildman–Crippen LogP) is 2.93. The van der Waals surface area contributed by atoms with Crippen molar-refractivity contribution in [3.8, 4) is 34.3 Å². The summed E-state index contributed by atoms with van der Waals surface area (Å²) in [5.74, 6) is -0.0261. The van der Waals surface area contributed by atoms with Crippen LogP contribution in [0.5, 0.6) is 11.5 Å². The Morgan fingerprint density at radius 3 is 1.66 bits per heavy atom. The van der Waals surface area contributed by atoms with Gasteiger partial charge in [-0.2, -0.15) is 10.2 Å². The van der Waals surface area contributed by atoms with Crippen LogP contribution in [0.15, 0.2) is 61.2 Å². The maximum absolute atomic E-state index is 12.7. The molecule has 24 nitrogen and oxygen atoms in total. The first-order valence-corrected chi connectivity index (χ1v) is 19.6. The Kier molecular flexibility index (Phi) is 12.3. The van der Waals surface area contributed by atoms with Gasteiger partial charge in [-0.15, -0.1) is 20.4 Å². The molecule has 0 saturated carbocycles. The third-order valence-electron chi connectivity index (χ3n) is 9.42. The molecular formula is C40H47ClN18O6. The van der Waals surface area contributed by atoms with Gasteiger partial charge in [-0.1, -0.05) is 23.7 Å². The van der Waals surface area contributed by atoms with Crippen LogP contribution in [0.3, 0.4) is 0 Å². The Balaban J connectivity index is 0.000000207. The van der Waals surface area contributed by atoms with E-state index in [1.807, 2.05) is 10.6 Å². The van der Waals surface area contributed by atoms with Gasteiger partial charge in [0.1, 0.15) is 12.7 Å². The quantitative estimate of drug-likeness (QED) is 0.125. The van der Waals surface area contributed by atoms with Crippen molar-refractivity contribution in [2.75, 3.05) is 84.0 Å². The normalized spacial score (nSPS) is 14.7. The molecule has 0 atom stereocenters. The van der Waals surface area contributed by atoms with Crippen molar-refractivity contribution in [2.45, 2.75) is 0 Å². The number of halogens is 1. The molecule has 5 N–H and O–H groups in total. The zero-order valence-corrected chi connectivity index (χ0v) is 36.5. The fourth-order valence-electron chi connectivity index (χ4n) is 6.23. The molecule has 2 fully saturated rings. The number of aromatic nitrogens is 10. The highest BCUT2D eigenvalue weighted by atomic mass is 35.5. The molecule has 8 rings (SSSR count). The number of likely N-dealkylation sites (N-methyl/N-ethyl adjacent to an activating group) is 2. The van der Waals surface area contributed by atoms with E-state index in [4.69, 9.17) is 29.3 Å². The summed E-state index contributed by atoms with van der Waals surface area (Å²) in [6, 6.07) is 13.0. The van der Waals surface area contributed by atoms with Crippen LogP contribution in [-0.2, 0) is 14.1 Å². The fraction of sp³-hybridized carbons (Fsp3) is 0.300. The molecule has 2 aliphatic rings. The average Bonchev–Trinajstić information content (AvgIpc) is 4.11. The van der Waals surface area contributed by atoms with Crippen LogP contribution in [0.4, 0.5) is 38.2 Å². The highest BCUT2D eigenvalue weighted by Gasteiger charge is 2.29. The van der Waals surface area contributed by atoms with Gasteiger partial charge < -0.3 is 45.9 Å². The Morgan fingerprint density at radius 1 is 0.708 bits per heavy atom. The molecule has 4 aromatic heterocycles. The van der Waals surface area contributed by atoms with Gasteiger partial charge in [0.2, 0.25) is 0 Å². The number of hydrogen-bond acceptors (Lipinski definition) is 16. The zero-order valence-electron chi connectivity index (χ0n) is 41.7. The molecule has 0 aliphatic carbocycles. The lowest BCUT2D eigenvalue weighted by molar-refractivity contribution is 0.0950. The second kappa shape index (κ2) is 20.8. The van der Waals surface area contributed by atoms with Crippen LogP contribution in [0.1, 0.15) is 29.2 Å². The maximum atomic E-state index is 12.7. The number of hydrogen-bond donors (Lipinski definition) is 5. The summed E-state index contributed by atoms with van der Waals surface area (Å²) >= 11 is 5.91. The molecular weight excluding hydrogens is 864 g/mol. The lowest BCUT2D eigenvalue weighted by Gasteiger charge is -2.18. The minimum atomic E-state index is -2.73. The maximum Gasteiger partial charge on any atom is 0.325 e. The Hall–Kier alpha value is -8.15. The van der Waals surface area contributed by atoms with Crippen LogP contribution >= 0.6 is 11.6 Å². The van der Waals surface area contributed by atoms with Gasteiger partial charge >= 0.3 is 12.1 Å². The number of anilines is 5. The second-order valence-electron chi connectivity index (χ2n) is 13.8. The van der Waals surface area contributed by atoms with Crippen LogP contribution in [-0.4, -0.2) is 152 Å². The summed E-state index contributed by atoms with van der Waals surface area (Å²) in [5.41, 5.74) is 1.86. The van der Waals surface area contributed by atoms with Crippen LogP contribution in [0.2, 0.25) is 5.15 Å². The summed E-state index contributed by atoms with van der Waals surface area (Å²) < 4.78 is 57.9. The minimum absolute atomic E-state index is 0.0134. The van der Waals surface area contributed by atoms with Crippen molar-refractivity contribution in [1.82, 2.24) is 75.7 Å². The van der Waals surface area contributed by atoms with E-state index >= 15 is 0 Å². The lowest BCUT2D eigenvalue weighted by atomic mass is 10.1. The van der Waals surface area contributed by atoms with E-state index in [1.165, 1.54) is 36.2 Å². The SMILES string of the molecule is CN1CCNC1=O.[2H]C([2H])([2H])NC(=O)c1nnc(Cl)cc1Nc1cccc(-c2ncn(C)n2)c1OC.[2H]C([2H])([2H])NC(=O)c1nnc(N2CCN(C)C2=O)cc1Nc1cccc(-c2ncn(C)n2)c1OC. The molecule has 2 aromatic carbocycles. The van der Waals surface area contributed by atoms with Crippen molar-refractivity contribution < 1.29 is 36.9 Å². The number of rotatable bonds is 11. The number of aryl methyl sites for hydroxylation is 2. The van der Waals surface area contributed by atoms with Gasteiger partial charge in [-0.3, -0.25) is 23.9 Å². The molecule has 340 valence electrons. The Labute approximate surface area is 386 Å². The largest absolute Gasteiger partial charge is 0.494 e. The number of methoxy groups -OCH3 is 2. The van der Waals surface area contributed by atoms with Gasteiger partial charge in [-0.25, -0.2) is 19.6 Å². The second-order valence-corrected chi connectivity index (χ2v) is 14.2. The summed E-state index contributed by atoms with van der Waals surface area (Å²) in [6.45, 7) is -2.89. The molecule has 0 radical (unpaired) electrons. The summed E-state index contributed by atoms with van der Waals surface area (Å²) in [7, 11) is 9.88. The monoisotopic (exact) mass is 916 g/mol. The first kappa shape index (κ1) is 38.5. The fourth-order valence-corrected chi connectivity index (χ4v) is 6.38. The highest BCUT2D eigenvalue weighted by molar-refractivity contribution is 6.29. The van der Waals surface area contributed by atoms with E-state index in [-0.39, 0.29) is 45.8 Å². The Bertz CT molecular complexity index is 2920. The predicted molar refractivity (Wildman–Crippen MR) is 240 cm³/mol.